The molecule has 1 amide bonds. The van der Waals surface area contributed by atoms with Gasteiger partial charge in [0.2, 0.25) is 0 Å². The molecule has 1 aliphatic heterocycles. The number of thiazole rings is 1. The molecule has 0 bridgehead atoms. The van der Waals surface area contributed by atoms with Crippen molar-refractivity contribution in [1.29, 1.82) is 0 Å². The number of methoxy groups -OCH3 is 1. The molecule has 1 aliphatic rings. The minimum Gasteiger partial charge on any atom is -0.495 e. The first-order valence-electron chi connectivity index (χ1n) is 11.3. The molecule has 0 fully saturated rings. The highest BCUT2D eigenvalue weighted by Gasteiger charge is 2.29. The van der Waals surface area contributed by atoms with E-state index in [0.29, 0.717) is 22.8 Å². The van der Waals surface area contributed by atoms with E-state index in [1.54, 1.807) is 11.7 Å². The average Bonchev–Trinajstić information content (AvgIpc) is 3.25. The molecular weight excluding hydrogens is 494 g/mol. The second-order valence-corrected chi connectivity index (χ2v) is 11.1. The summed E-state index contributed by atoms with van der Waals surface area (Å²) < 4.78 is 36.3. The monoisotopic (exact) mass is 517 g/mol. The predicted octanol–water partition coefficient (Wildman–Crippen LogP) is 4.23. The number of amides is 1. The van der Waals surface area contributed by atoms with Crippen LogP contribution in [0.3, 0.4) is 0 Å². The summed E-state index contributed by atoms with van der Waals surface area (Å²) in [5.74, 6) is 2.75. The fraction of sp³-hybridized carbons (Fsp3) is 0.185. The number of carbonyl (C=O) groups is 1. The number of hydrogen-bond donors (Lipinski definition) is 0. The van der Waals surface area contributed by atoms with Gasteiger partial charge in [-0.1, -0.05) is 41.5 Å². The van der Waals surface area contributed by atoms with E-state index >= 15 is 0 Å². The second kappa shape index (κ2) is 9.64. The molecule has 2 heterocycles. The van der Waals surface area contributed by atoms with E-state index in [9.17, 15) is 13.2 Å². The molecule has 36 heavy (non-hydrogen) atoms. The minimum atomic E-state index is -3.76. The van der Waals surface area contributed by atoms with Gasteiger partial charge in [-0.05, 0) is 60.9 Å². The van der Waals surface area contributed by atoms with Gasteiger partial charge >= 0.3 is 0 Å². The molecule has 0 N–H and O–H groups in total. The highest BCUT2D eigenvalue weighted by atomic mass is 32.2. The average molecular weight is 518 g/mol. The Morgan fingerprint density at radius 2 is 1.89 bits per heavy atom. The Bertz CT molecular complexity index is 1680. The zero-order valence-corrected chi connectivity index (χ0v) is 21.2. The fourth-order valence-corrected chi connectivity index (χ4v) is 6.97. The topological polar surface area (TPSA) is 81.0 Å². The van der Waals surface area contributed by atoms with Gasteiger partial charge in [0.1, 0.15) is 11.3 Å². The molecule has 5 rings (SSSR count). The lowest BCUT2D eigenvalue weighted by Gasteiger charge is -2.30. The van der Waals surface area contributed by atoms with E-state index < -0.39 is 15.9 Å². The van der Waals surface area contributed by atoms with Crippen LogP contribution in [0.1, 0.15) is 22.3 Å². The van der Waals surface area contributed by atoms with Crippen LogP contribution >= 0.6 is 11.3 Å². The second-order valence-electron chi connectivity index (χ2n) is 8.23. The maximum absolute atomic E-state index is 13.4. The number of benzene rings is 3. The maximum atomic E-state index is 13.4. The molecule has 0 saturated heterocycles. The molecule has 0 aliphatic carbocycles. The molecule has 0 spiro atoms. The Hall–Kier alpha value is -3.87. The van der Waals surface area contributed by atoms with Crippen LogP contribution in [-0.2, 0) is 23.0 Å². The minimum absolute atomic E-state index is 0.129. The number of rotatable bonds is 5. The number of para-hydroxylation sites is 2. The zero-order chi connectivity index (χ0) is 25.3. The SMILES string of the molecule is C#CCn1c(=NC(=O)c2ccc(S(=O)(=O)N3CCCc4ccccc43)cc2)sc2cccc(OC)c21. The lowest BCUT2D eigenvalue weighted by Crippen LogP contribution is -2.35. The van der Waals surface area contributed by atoms with Gasteiger partial charge in [-0.25, -0.2) is 8.42 Å². The maximum Gasteiger partial charge on any atom is 0.279 e. The lowest BCUT2D eigenvalue weighted by atomic mass is 10.0. The molecule has 0 radical (unpaired) electrons. The first kappa shape index (κ1) is 23.9. The molecule has 182 valence electrons. The van der Waals surface area contributed by atoms with Crippen molar-refractivity contribution < 1.29 is 17.9 Å². The Labute approximate surface area is 213 Å². The number of anilines is 1. The van der Waals surface area contributed by atoms with Crippen LogP contribution in [0.15, 0.2) is 76.6 Å². The summed E-state index contributed by atoms with van der Waals surface area (Å²) in [6, 6.07) is 19.0. The molecule has 0 unspecified atom stereocenters. The zero-order valence-electron chi connectivity index (χ0n) is 19.5. The van der Waals surface area contributed by atoms with Crippen molar-refractivity contribution in [3.63, 3.8) is 0 Å². The van der Waals surface area contributed by atoms with Crippen molar-refractivity contribution >= 4 is 43.2 Å². The van der Waals surface area contributed by atoms with Crippen molar-refractivity contribution in [2.45, 2.75) is 24.3 Å². The molecule has 1 aromatic heterocycles. The van der Waals surface area contributed by atoms with Gasteiger partial charge in [-0.3, -0.25) is 9.10 Å². The third kappa shape index (κ3) is 4.19. The summed E-state index contributed by atoms with van der Waals surface area (Å²) in [7, 11) is -2.19. The van der Waals surface area contributed by atoms with E-state index in [-0.39, 0.29) is 17.0 Å². The van der Waals surface area contributed by atoms with Crippen molar-refractivity contribution in [2.24, 2.45) is 4.99 Å². The highest BCUT2D eigenvalue weighted by molar-refractivity contribution is 7.92. The fourth-order valence-electron chi connectivity index (χ4n) is 4.38. The Kier molecular flexibility index (Phi) is 6.39. The number of aryl methyl sites for hydroxylation is 1. The van der Waals surface area contributed by atoms with Crippen molar-refractivity contribution in [1.82, 2.24) is 4.57 Å². The molecule has 0 atom stereocenters. The van der Waals surface area contributed by atoms with Crippen molar-refractivity contribution in [3.8, 4) is 18.1 Å². The third-order valence-electron chi connectivity index (χ3n) is 6.09. The van der Waals surface area contributed by atoms with E-state index in [1.165, 1.54) is 39.9 Å². The molecule has 4 aromatic rings. The summed E-state index contributed by atoms with van der Waals surface area (Å²) in [4.78, 5) is 17.9. The highest BCUT2D eigenvalue weighted by Crippen LogP contribution is 2.32. The normalized spacial score (nSPS) is 13.9. The summed E-state index contributed by atoms with van der Waals surface area (Å²) in [6.07, 6.45) is 7.17. The molecule has 0 saturated carbocycles. The Morgan fingerprint density at radius 3 is 2.64 bits per heavy atom. The van der Waals surface area contributed by atoms with Crippen LogP contribution in [0, 0.1) is 12.3 Å². The summed E-state index contributed by atoms with van der Waals surface area (Å²) >= 11 is 1.33. The summed E-state index contributed by atoms with van der Waals surface area (Å²) in [5.41, 5.74) is 2.78. The van der Waals surface area contributed by atoms with Gasteiger partial charge in [0.05, 0.1) is 28.9 Å². The van der Waals surface area contributed by atoms with Crippen LogP contribution in [0.4, 0.5) is 5.69 Å². The van der Waals surface area contributed by atoms with Gasteiger partial charge in [-0.15, -0.1) is 6.42 Å². The first-order valence-corrected chi connectivity index (χ1v) is 13.6. The van der Waals surface area contributed by atoms with Gasteiger partial charge in [-0.2, -0.15) is 4.99 Å². The smallest absolute Gasteiger partial charge is 0.279 e. The number of nitrogens with zero attached hydrogens (tertiary/aromatic N) is 3. The van der Waals surface area contributed by atoms with Gasteiger partial charge in [0, 0.05) is 12.1 Å². The Balaban J connectivity index is 1.48. The Morgan fingerprint density at radius 1 is 1.11 bits per heavy atom. The third-order valence-corrected chi connectivity index (χ3v) is 8.96. The summed E-state index contributed by atoms with van der Waals surface area (Å²) in [6.45, 7) is 0.640. The van der Waals surface area contributed by atoms with Crippen molar-refractivity contribution in [2.75, 3.05) is 18.0 Å². The quantitative estimate of drug-likeness (QED) is 0.371. The number of hydrogen-bond acceptors (Lipinski definition) is 5. The number of sulfonamides is 1. The van der Waals surface area contributed by atoms with Crippen LogP contribution in [0.25, 0.3) is 10.2 Å². The van der Waals surface area contributed by atoms with Crippen molar-refractivity contribution in [3.05, 3.63) is 82.7 Å². The lowest BCUT2D eigenvalue weighted by molar-refractivity contribution is 0.0997. The van der Waals surface area contributed by atoms with Gasteiger partial charge in [0.15, 0.2) is 4.80 Å². The largest absolute Gasteiger partial charge is 0.495 e. The van der Waals surface area contributed by atoms with Crippen LogP contribution in [-0.4, -0.2) is 32.5 Å². The number of fused-ring (bicyclic) bond motifs is 2. The molecule has 3 aromatic carbocycles. The number of ether oxygens (including phenoxy) is 1. The number of terminal acetylenes is 1. The van der Waals surface area contributed by atoms with E-state index in [4.69, 9.17) is 11.2 Å². The molecule has 9 heteroatoms. The number of carbonyl (C=O) groups excluding carboxylic acids is 1. The standard InChI is InChI=1S/C27H23N3O4S2/c1-3-17-29-25-23(34-2)11-6-12-24(25)35-27(29)28-26(31)20-13-15-21(16-14-20)36(32,33)30-18-7-9-19-8-4-5-10-22(19)30/h1,4-6,8,10-16H,7,9,17-18H2,2H3. The van der Waals surface area contributed by atoms with E-state index in [0.717, 1.165) is 28.6 Å². The van der Waals surface area contributed by atoms with Gasteiger partial charge in [0.25, 0.3) is 15.9 Å². The first-order chi connectivity index (χ1) is 17.4. The molecular formula is C27H23N3O4S2. The van der Waals surface area contributed by atoms with E-state index in [2.05, 4.69) is 10.9 Å². The van der Waals surface area contributed by atoms with Gasteiger partial charge < -0.3 is 9.30 Å². The predicted molar refractivity (Wildman–Crippen MR) is 141 cm³/mol. The van der Waals surface area contributed by atoms with E-state index in [1.807, 2.05) is 42.5 Å². The van der Waals surface area contributed by atoms with Crippen LogP contribution < -0.4 is 13.8 Å². The van der Waals surface area contributed by atoms with Crippen LogP contribution in [0.2, 0.25) is 0 Å². The molecule has 7 nitrogen and oxygen atoms in total. The number of aromatic nitrogens is 1. The summed E-state index contributed by atoms with van der Waals surface area (Å²) in [5, 5.41) is 0. The van der Waals surface area contributed by atoms with Crippen LogP contribution in [0.5, 0.6) is 5.75 Å².